The molecule has 1 atom stereocenters. The second kappa shape index (κ2) is 5.44. The zero-order valence-electron chi connectivity index (χ0n) is 12.7. The lowest BCUT2D eigenvalue weighted by Crippen LogP contribution is -2.41. The maximum absolute atomic E-state index is 12.4. The second-order valence-electron chi connectivity index (χ2n) is 5.96. The molecule has 1 unspecified atom stereocenters. The van der Waals surface area contributed by atoms with Gasteiger partial charge in [-0.05, 0) is 37.8 Å². The fourth-order valence-corrected chi connectivity index (χ4v) is 2.73. The molecule has 1 N–H and O–H groups in total. The van der Waals surface area contributed by atoms with Gasteiger partial charge < -0.3 is 4.90 Å². The van der Waals surface area contributed by atoms with E-state index in [1.54, 1.807) is 36.2 Å². The van der Waals surface area contributed by atoms with Gasteiger partial charge in [-0.25, -0.2) is 4.68 Å². The van der Waals surface area contributed by atoms with Crippen LogP contribution in [0.15, 0.2) is 33.9 Å². The van der Waals surface area contributed by atoms with Crippen LogP contribution in [0.5, 0.6) is 0 Å². The lowest BCUT2D eigenvalue weighted by molar-refractivity contribution is -0.133. The second-order valence-corrected chi connectivity index (χ2v) is 5.96. The number of aromatic nitrogens is 2. The molecule has 1 aliphatic carbocycles. The molecule has 116 valence electrons. The average molecular weight is 301 g/mol. The molecule has 1 aromatic heterocycles. The SMILES string of the molecule is CC(C1CC1)N(C)C(=O)Cn1[nH]c(=O)c2ccccc2c1=O. The number of H-pyrrole nitrogens is 1. The molecule has 0 saturated heterocycles. The molecular weight excluding hydrogens is 282 g/mol. The standard InChI is InChI=1S/C16H19N3O3/c1-10(11-7-8-11)18(2)14(20)9-19-16(22)13-6-4-3-5-12(13)15(21)17-19/h3-6,10-11H,7-9H2,1-2H3,(H,17,21). The summed E-state index contributed by atoms with van der Waals surface area (Å²) in [6.07, 6.45) is 2.29. The molecule has 1 fully saturated rings. The Morgan fingerprint density at radius 2 is 1.95 bits per heavy atom. The van der Waals surface area contributed by atoms with E-state index in [0.717, 1.165) is 17.5 Å². The summed E-state index contributed by atoms with van der Waals surface area (Å²) in [6, 6.07) is 6.78. The number of rotatable bonds is 4. The molecule has 0 bridgehead atoms. The summed E-state index contributed by atoms with van der Waals surface area (Å²) in [4.78, 5) is 38.4. The van der Waals surface area contributed by atoms with Crippen molar-refractivity contribution < 1.29 is 4.79 Å². The van der Waals surface area contributed by atoms with Crippen LogP contribution in [0.1, 0.15) is 19.8 Å². The Balaban J connectivity index is 1.90. The van der Waals surface area contributed by atoms with Crippen molar-refractivity contribution in [2.45, 2.75) is 32.4 Å². The van der Waals surface area contributed by atoms with Gasteiger partial charge in [-0.2, -0.15) is 0 Å². The summed E-state index contributed by atoms with van der Waals surface area (Å²) >= 11 is 0. The molecule has 1 amide bonds. The molecule has 1 aliphatic rings. The van der Waals surface area contributed by atoms with Gasteiger partial charge in [0, 0.05) is 13.1 Å². The lowest BCUT2D eigenvalue weighted by Gasteiger charge is -2.25. The number of fused-ring (bicyclic) bond motifs is 1. The predicted octanol–water partition coefficient (Wildman–Crippen LogP) is 0.947. The summed E-state index contributed by atoms with van der Waals surface area (Å²) in [5, 5.41) is 3.16. The lowest BCUT2D eigenvalue weighted by atomic mass is 10.2. The van der Waals surface area contributed by atoms with Gasteiger partial charge in [0.2, 0.25) is 5.91 Å². The number of hydrogen-bond acceptors (Lipinski definition) is 3. The number of nitrogens with zero attached hydrogens (tertiary/aromatic N) is 2. The third-order valence-electron chi connectivity index (χ3n) is 4.49. The van der Waals surface area contributed by atoms with Crippen LogP contribution >= 0.6 is 0 Å². The molecule has 2 aromatic rings. The molecule has 1 heterocycles. The zero-order chi connectivity index (χ0) is 15.9. The van der Waals surface area contributed by atoms with Crippen molar-refractivity contribution in [3.8, 4) is 0 Å². The van der Waals surface area contributed by atoms with Crippen molar-refractivity contribution in [1.29, 1.82) is 0 Å². The highest BCUT2D eigenvalue weighted by Crippen LogP contribution is 2.34. The van der Waals surface area contributed by atoms with E-state index in [-0.39, 0.29) is 29.6 Å². The van der Waals surface area contributed by atoms with Crippen molar-refractivity contribution in [3.63, 3.8) is 0 Å². The van der Waals surface area contributed by atoms with E-state index in [1.807, 2.05) is 6.92 Å². The molecule has 3 rings (SSSR count). The molecule has 0 aliphatic heterocycles. The van der Waals surface area contributed by atoms with Crippen LogP contribution in [-0.2, 0) is 11.3 Å². The third-order valence-corrected chi connectivity index (χ3v) is 4.49. The largest absolute Gasteiger partial charge is 0.341 e. The van der Waals surface area contributed by atoms with Crippen molar-refractivity contribution in [1.82, 2.24) is 14.7 Å². The number of nitrogens with one attached hydrogen (secondary N) is 1. The fourth-order valence-electron chi connectivity index (χ4n) is 2.73. The van der Waals surface area contributed by atoms with Crippen LogP contribution in [0.4, 0.5) is 0 Å². The Morgan fingerprint density at radius 1 is 1.32 bits per heavy atom. The van der Waals surface area contributed by atoms with Crippen LogP contribution in [0.25, 0.3) is 10.8 Å². The Morgan fingerprint density at radius 3 is 2.59 bits per heavy atom. The number of benzene rings is 1. The summed E-state index contributed by atoms with van der Waals surface area (Å²) in [5.74, 6) is 0.383. The summed E-state index contributed by atoms with van der Waals surface area (Å²) < 4.78 is 1.10. The van der Waals surface area contributed by atoms with Gasteiger partial charge in [0.05, 0.1) is 10.8 Å². The topological polar surface area (TPSA) is 75.2 Å². The zero-order valence-corrected chi connectivity index (χ0v) is 12.7. The first-order valence-corrected chi connectivity index (χ1v) is 7.46. The molecule has 6 heteroatoms. The molecule has 1 saturated carbocycles. The van der Waals surface area contributed by atoms with Gasteiger partial charge >= 0.3 is 0 Å². The molecule has 22 heavy (non-hydrogen) atoms. The summed E-state index contributed by atoms with van der Waals surface area (Å²) in [5.41, 5.74) is -0.711. The molecule has 0 spiro atoms. The Bertz CT molecular complexity index is 832. The number of amides is 1. The monoisotopic (exact) mass is 301 g/mol. The Hall–Kier alpha value is -2.37. The highest BCUT2D eigenvalue weighted by atomic mass is 16.2. The number of carbonyl (C=O) groups is 1. The van der Waals surface area contributed by atoms with E-state index in [9.17, 15) is 14.4 Å². The third kappa shape index (κ3) is 2.56. The first-order valence-electron chi connectivity index (χ1n) is 7.46. The number of carbonyl (C=O) groups excluding carboxylic acids is 1. The van der Waals surface area contributed by atoms with Crippen molar-refractivity contribution in [3.05, 3.63) is 45.0 Å². The van der Waals surface area contributed by atoms with Crippen molar-refractivity contribution >= 4 is 16.7 Å². The number of hydrogen-bond donors (Lipinski definition) is 1. The van der Waals surface area contributed by atoms with Crippen LogP contribution in [0.2, 0.25) is 0 Å². The smallest absolute Gasteiger partial charge is 0.273 e. The van der Waals surface area contributed by atoms with Crippen molar-refractivity contribution in [2.75, 3.05) is 7.05 Å². The average Bonchev–Trinajstić information content (AvgIpc) is 3.35. The Labute approximate surface area is 127 Å². The highest BCUT2D eigenvalue weighted by molar-refractivity contribution is 5.81. The van der Waals surface area contributed by atoms with E-state index in [1.165, 1.54) is 0 Å². The van der Waals surface area contributed by atoms with Crippen LogP contribution in [-0.4, -0.2) is 33.7 Å². The maximum Gasteiger partial charge on any atom is 0.273 e. The minimum Gasteiger partial charge on any atom is -0.341 e. The Kier molecular flexibility index (Phi) is 3.60. The highest BCUT2D eigenvalue weighted by Gasteiger charge is 2.32. The minimum atomic E-state index is -0.360. The van der Waals surface area contributed by atoms with Gasteiger partial charge in [-0.3, -0.25) is 19.5 Å². The first-order chi connectivity index (χ1) is 10.5. The molecule has 6 nitrogen and oxygen atoms in total. The quantitative estimate of drug-likeness (QED) is 0.913. The van der Waals surface area contributed by atoms with E-state index < -0.39 is 0 Å². The molecule has 1 aromatic carbocycles. The van der Waals surface area contributed by atoms with E-state index >= 15 is 0 Å². The van der Waals surface area contributed by atoms with Crippen LogP contribution in [0.3, 0.4) is 0 Å². The van der Waals surface area contributed by atoms with Crippen molar-refractivity contribution in [2.24, 2.45) is 5.92 Å². The van der Waals surface area contributed by atoms with Gasteiger partial charge in [-0.15, -0.1) is 0 Å². The van der Waals surface area contributed by atoms with E-state index in [2.05, 4.69) is 5.10 Å². The summed E-state index contributed by atoms with van der Waals surface area (Å²) in [6.45, 7) is 1.87. The van der Waals surface area contributed by atoms with E-state index in [4.69, 9.17) is 0 Å². The minimum absolute atomic E-state index is 0.146. The van der Waals surface area contributed by atoms with Gasteiger partial charge in [0.1, 0.15) is 6.54 Å². The van der Waals surface area contributed by atoms with Gasteiger partial charge in [0.25, 0.3) is 11.1 Å². The predicted molar refractivity (Wildman–Crippen MR) is 83.8 cm³/mol. The van der Waals surface area contributed by atoms with Gasteiger partial charge in [0.15, 0.2) is 0 Å². The summed E-state index contributed by atoms with van der Waals surface area (Å²) in [7, 11) is 1.75. The van der Waals surface area contributed by atoms with Crippen LogP contribution < -0.4 is 11.1 Å². The molecule has 0 radical (unpaired) electrons. The van der Waals surface area contributed by atoms with Gasteiger partial charge in [-0.1, -0.05) is 12.1 Å². The van der Waals surface area contributed by atoms with Crippen LogP contribution in [0, 0.1) is 5.92 Å². The number of aromatic amines is 1. The maximum atomic E-state index is 12.4. The first kappa shape index (κ1) is 14.6. The van der Waals surface area contributed by atoms with E-state index in [0.29, 0.717) is 16.7 Å². The normalized spacial score (nSPS) is 15.7. The number of likely N-dealkylation sites (N-methyl/N-ethyl adjacent to an activating group) is 1. The molecular formula is C16H19N3O3. The fraction of sp³-hybridized carbons (Fsp3) is 0.438.